The van der Waals surface area contributed by atoms with Crippen LogP contribution in [-0.4, -0.2) is 17.6 Å². The van der Waals surface area contributed by atoms with Crippen LogP contribution in [0.4, 0.5) is 0 Å². The molecule has 3 nitrogen and oxygen atoms in total. The van der Waals surface area contributed by atoms with E-state index in [1.54, 1.807) is 6.92 Å². The number of esters is 1. The second-order valence-corrected chi connectivity index (χ2v) is 5.34. The smallest absolute Gasteiger partial charge is 0.333 e. The van der Waals surface area contributed by atoms with Gasteiger partial charge in [-0.3, -0.25) is 0 Å². The van der Waals surface area contributed by atoms with Crippen LogP contribution < -0.4 is 5.73 Å². The standard InChI is InChI=1S/C14H27NO2/c1-6-7-8-9-10-12(14(4,5)15)17-13(16)11(2)3/h12H,2,6-10,15H2,1,3-5H3. The van der Waals surface area contributed by atoms with Gasteiger partial charge in [0.2, 0.25) is 0 Å². The number of ether oxygens (including phenoxy) is 1. The Balaban J connectivity index is 4.26. The van der Waals surface area contributed by atoms with E-state index in [1.807, 2.05) is 13.8 Å². The molecular weight excluding hydrogens is 214 g/mol. The third kappa shape index (κ3) is 7.16. The van der Waals surface area contributed by atoms with Crippen molar-refractivity contribution in [3.05, 3.63) is 12.2 Å². The van der Waals surface area contributed by atoms with Crippen molar-refractivity contribution in [3.63, 3.8) is 0 Å². The fraction of sp³-hybridized carbons (Fsp3) is 0.786. The van der Waals surface area contributed by atoms with Gasteiger partial charge in [-0.05, 0) is 33.6 Å². The van der Waals surface area contributed by atoms with Crippen LogP contribution >= 0.6 is 0 Å². The lowest BCUT2D eigenvalue weighted by atomic mass is 9.93. The number of hydrogen-bond donors (Lipinski definition) is 1. The number of carbonyl (C=O) groups is 1. The minimum Gasteiger partial charge on any atom is -0.457 e. The normalized spacial score (nSPS) is 13.2. The van der Waals surface area contributed by atoms with Crippen LogP contribution in [0.25, 0.3) is 0 Å². The molecule has 0 fully saturated rings. The van der Waals surface area contributed by atoms with Crippen molar-refractivity contribution in [1.29, 1.82) is 0 Å². The van der Waals surface area contributed by atoms with E-state index in [-0.39, 0.29) is 12.1 Å². The van der Waals surface area contributed by atoms with Gasteiger partial charge in [0.25, 0.3) is 0 Å². The minimum atomic E-state index is -0.503. The largest absolute Gasteiger partial charge is 0.457 e. The SMILES string of the molecule is C=C(C)C(=O)OC(CCCCCC)C(C)(C)N. The summed E-state index contributed by atoms with van der Waals surface area (Å²) >= 11 is 0. The maximum atomic E-state index is 11.5. The molecule has 0 aliphatic carbocycles. The van der Waals surface area contributed by atoms with E-state index in [0.717, 1.165) is 19.3 Å². The molecule has 0 saturated heterocycles. The average Bonchev–Trinajstić information content (AvgIpc) is 2.20. The van der Waals surface area contributed by atoms with Crippen LogP contribution in [0.1, 0.15) is 59.8 Å². The van der Waals surface area contributed by atoms with Gasteiger partial charge in [0.15, 0.2) is 0 Å². The Bertz CT molecular complexity index is 253. The van der Waals surface area contributed by atoms with E-state index in [0.29, 0.717) is 5.57 Å². The lowest BCUT2D eigenvalue weighted by molar-refractivity contribution is -0.147. The molecule has 0 aromatic carbocycles. The van der Waals surface area contributed by atoms with Gasteiger partial charge in [-0.2, -0.15) is 0 Å². The van der Waals surface area contributed by atoms with Crippen molar-refractivity contribution in [1.82, 2.24) is 0 Å². The van der Waals surface area contributed by atoms with Crippen LogP contribution in [0.2, 0.25) is 0 Å². The highest BCUT2D eigenvalue weighted by molar-refractivity contribution is 5.87. The molecular formula is C14H27NO2. The maximum absolute atomic E-state index is 11.5. The quantitative estimate of drug-likeness (QED) is 0.403. The minimum absolute atomic E-state index is 0.233. The third-order valence-electron chi connectivity index (χ3n) is 2.75. The summed E-state index contributed by atoms with van der Waals surface area (Å²) < 4.78 is 5.39. The second-order valence-electron chi connectivity index (χ2n) is 5.34. The molecule has 0 aromatic heterocycles. The van der Waals surface area contributed by atoms with Gasteiger partial charge in [-0.15, -0.1) is 0 Å². The summed E-state index contributed by atoms with van der Waals surface area (Å²) in [6.45, 7) is 11.2. The highest BCUT2D eigenvalue weighted by Crippen LogP contribution is 2.18. The Morgan fingerprint density at radius 1 is 1.35 bits per heavy atom. The Labute approximate surface area is 105 Å². The fourth-order valence-corrected chi connectivity index (χ4v) is 1.57. The van der Waals surface area contributed by atoms with Crippen molar-refractivity contribution in [2.24, 2.45) is 5.73 Å². The van der Waals surface area contributed by atoms with Crippen LogP contribution in [-0.2, 0) is 9.53 Å². The highest BCUT2D eigenvalue weighted by Gasteiger charge is 2.28. The summed E-state index contributed by atoms with van der Waals surface area (Å²) in [4.78, 5) is 11.5. The first kappa shape index (κ1) is 16.2. The van der Waals surface area contributed by atoms with E-state index in [4.69, 9.17) is 10.5 Å². The van der Waals surface area contributed by atoms with Gasteiger partial charge in [-0.25, -0.2) is 4.79 Å². The van der Waals surface area contributed by atoms with Crippen molar-refractivity contribution < 1.29 is 9.53 Å². The van der Waals surface area contributed by atoms with Gasteiger partial charge in [0, 0.05) is 11.1 Å². The van der Waals surface area contributed by atoms with Gasteiger partial charge in [-0.1, -0.05) is 32.8 Å². The summed E-state index contributed by atoms with van der Waals surface area (Å²) in [7, 11) is 0. The van der Waals surface area contributed by atoms with Crippen molar-refractivity contribution >= 4 is 5.97 Å². The molecule has 0 radical (unpaired) electrons. The van der Waals surface area contributed by atoms with E-state index >= 15 is 0 Å². The van der Waals surface area contributed by atoms with Crippen molar-refractivity contribution in [2.45, 2.75) is 71.4 Å². The Morgan fingerprint density at radius 2 is 1.94 bits per heavy atom. The maximum Gasteiger partial charge on any atom is 0.333 e. The molecule has 0 aliphatic rings. The van der Waals surface area contributed by atoms with Crippen LogP contribution in [0.3, 0.4) is 0 Å². The van der Waals surface area contributed by atoms with Gasteiger partial charge in [0.1, 0.15) is 6.10 Å². The molecule has 0 heterocycles. The number of nitrogens with two attached hydrogens (primary N) is 1. The molecule has 0 spiro atoms. The first-order valence-electron chi connectivity index (χ1n) is 6.44. The third-order valence-corrected chi connectivity index (χ3v) is 2.75. The molecule has 0 aromatic rings. The second kappa shape index (κ2) is 7.49. The van der Waals surface area contributed by atoms with E-state index in [2.05, 4.69) is 13.5 Å². The average molecular weight is 241 g/mol. The first-order chi connectivity index (χ1) is 7.79. The number of unbranched alkanes of at least 4 members (excludes halogenated alkanes) is 3. The highest BCUT2D eigenvalue weighted by atomic mass is 16.5. The van der Waals surface area contributed by atoms with Crippen LogP contribution in [0.5, 0.6) is 0 Å². The van der Waals surface area contributed by atoms with E-state index < -0.39 is 5.54 Å². The summed E-state index contributed by atoms with van der Waals surface area (Å²) in [5.74, 6) is -0.344. The lowest BCUT2D eigenvalue weighted by Crippen LogP contribution is -2.47. The van der Waals surface area contributed by atoms with Gasteiger partial charge in [0.05, 0.1) is 0 Å². The lowest BCUT2D eigenvalue weighted by Gasteiger charge is -2.30. The molecule has 3 heteroatoms. The molecule has 0 aliphatic heterocycles. The predicted octanol–water partition coefficient (Wildman–Crippen LogP) is 3.18. The molecule has 2 N–H and O–H groups in total. The summed E-state index contributed by atoms with van der Waals surface area (Å²) in [6.07, 6.45) is 5.20. The first-order valence-corrected chi connectivity index (χ1v) is 6.44. The molecule has 1 unspecified atom stereocenters. The zero-order valence-corrected chi connectivity index (χ0v) is 11.7. The fourth-order valence-electron chi connectivity index (χ4n) is 1.57. The zero-order valence-electron chi connectivity index (χ0n) is 11.7. The predicted molar refractivity (Wildman–Crippen MR) is 71.7 cm³/mol. The van der Waals surface area contributed by atoms with Gasteiger partial charge < -0.3 is 10.5 Å². The Kier molecular flexibility index (Phi) is 7.12. The van der Waals surface area contributed by atoms with Crippen molar-refractivity contribution in [3.8, 4) is 0 Å². The number of hydrogen-bond acceptors (Lipinski definition) is 3. The zero-order chi connectivity index (χ0) is 13.5. The Morgan fingerprint density at radius 3 is 2.35 bits per heavy atom. The summed E-state index contributed by atoms with van der Waals surface area (Å²) in [5.41, 5.74) is 5.96. The summed E-state index contributed by atoms with van der Waals surface area (Å²) in [5, 5.41) is 0. The van der Waals surface area contributed by atoms with Crippen LogP contribution in [0.15, 0.2) is 12.2 Å². The molecule has 0 saturated carbocycles. The number of rotatable bonds is 8. The summed E-state index contributed by atoms with van der Waals surface area (Å²) in [6, 6.07) is 0. The van der Waals surface area contributed by atoms with Crippen LogP contribution in [0, 0.1) is 0 Å². The monoisotopic (exact) mass is 241 g/mol. The molecule has 1 atom stereocenters. The molecule has 100 valence electrons. The topological polar surface area (TPSA) is 52.3 Å². The number of carbonyl (C=O) groups excluding carboxylic acids is 1. The van der Waals surface area contributed by atoms with Gasteiger partial charge >= 0.3 is 5.97 Å². The molecule has 17 heavy (non-hydrogen) atoms. The molecule has 0 rings (SSSR count). The molecule has 0 amide bonds. The van der Waals surface area contributed by atoms with E-state index in [9.17, 15) is 4.79 Å². The molecule has 0 bridgehead atoms. The Hall–Kier alpha value is -0.830. The van der Waals surface area contributed by atoms with E-state index in [1.165, 1.54) is 12.8 Å². The van der Waals surface area contributed by atoms with Crippen molar-refractivity contribution in [2.75, 3.05) is 0 Å².